The standard InChI is InChI=1S/C16H24FNO2/c1-5-13(6-2)18(9-10-20-4)16(19)14-8-7-12(3)11-15(14)17/h7-8,11,13H,5-6,9-10H2,1-4H3. The maximum atomic E-state index is 14.0. The molecule has 20 heavy (non-hydrogen) atoms. The van der Waals surface area contributed by atoms with Gasteiger partial charge in [-0.05, 0) is 37.5 Å². The van der Waals surface area contributed by atoms with Gasteiger partial charge in [0, 0.05) is 19.7 Å². The average molecular weight is 281 g/mol. The van der Waals surface area contributed by atoms with E-state index in [0.717, 1.165) is 18.4 Å². The van der Waals surface area contributed by atoms with Crippen LogP contribution in [0.3, 0.4) is 0 Å². The summed E-state index contributed by atoms with van der Waals surface area (Å²) >= 11 is 0. The summed E-state index contributed by atoms with van der Waals surface area (Å²) in [5, 5.41) is 0. The van der Waals surface area contributed by atoms with Crippen LogP contribution in [-0.4, -0.2) is 37.1 Å². The predicted octanol–water partition coefficient (Wildman–Crippen LogP) is 3.41. The number of rotatable bonds is 7. The van der Waals surface area contributed by atoms with Gasteiger partial charge in [0.1, 0.15) is 5.82 Å². The summed E-state index contributed by atoms with van der Waals surface area (Å²) < 4.78 is 19.0. The topological polar surface area (TPSA) is 29.5 Å². The molecule has 1 rings (SSSR count). The quantitative estimate of drug-likeness (QED) is 0.766. The fourth-order valence-electron chi connectivity index (χ4n) is 2.32. The summed E-state index contributed by atoms with van der Waals surface area (Å²) in [6.45, 7) is 6.81. The van der Waals surface area contributed by atoms with Gasteiger partial charge in [0.2, 0.25) is 0 Å². The summed E-state index contributed by atoms with van der Waals surface area (Å²) in [6, 6.07) is 4.83. The molecule has 1 amide bonds. The van der Waals surface area contributed by atoms with Crippen LogP contribution in [-0.2, 0) is 4.74 Å². The molecule has 0 aromatic heterocycles. The van der Waals surface area contributed by atoms with Crippen molar-refractivity contribution in [2.24, 2.45) is 0 Å². The normalized spacial score (nSPS) is 10.9. The molecular weight excluding hydrogens is 257 g/mol. The van der Waals surface area contributed by atoms with Crippen LogP contribution in [0.25, 0.3) is 0 Å². The SMILES string of the molecule is CCC(CC)N(CCOC)C(=O)c1ccc(C)cc1F. The number of ether oxygens (including phenoxy) is 1. The third-order valence-corrected chi connectivity index (χ3v) is 3.54. The van der Waals surface area contributed by atoms with Gasteiger partial charge in [0.05, 0.1) is 12.2 Å². The molecule has 0 radical (unpaired) electrons. The number of hydrogen-bond donors (Lipinski definition) is 0. The molecule has 0 heterocycles. The summed E-state index contributed by atoms with van der Waals surface area (Å²) in [5.74, 6) is -0.711. The summed E-state index contributed by atoms with van der Waals surface area (Å²) in [6.07, 6.45) is 1.69. The van der Waals surface area contributed by atoms with Crippen molar-refractivity contribution in [3.8, 4) is 0 Å². The fourth-order valence-corrected chi connectivity index (χ4v) is 2.32. The Hall–Kier alpha value is -1.42. The second-order valence-corrected chi connectivity index (χ2v) is 4.94. The van der Waals surface area contributed by atoms with Crippen LogP contribution in [0.2, 0.25) is 0 Å². The van der Waals surface area contributed by atoms with Crippen LogP contribution in [0, 0.1) is 12.7 Å². The van der Waals surface area contributed by atoms with Crippen LogP contribution in [0.1, 0.15) is 42.6 Å². The Morgan fingerprint density at radius 1 is 1.35 bits per heavy atom. The van der Waals surface area contributed by atoms with E-state index in [1.807, 2.05) is 13.8 Å². The Morgan fingerprint density at radius 3 is 2.50 bits per heavy atom. The highest BCUT2D eigenvalue weighted by molar-refractivity contribution is 5.94. The molecule has 0 spiro atoms. The van der Waals surface area contributed by atoms with Crippen molar-refractivity contribution in [2.45, 2.75) is 39.7 Å². The first kappa shape index (κ1) is 16.6. The molecule has 0 saturated carbocycles. The maximum Gasteiger partial charge on any atom is 0.257 e. The Balaban J connectivity index is 3.02. The minimum Gasteiger partial charge on any atom is -0.383 e. The van der Waals surface area contributed by atoms with Gasteiger partial charge in [-0.15, -0.1) is 0 Å². The Labute approximate surface area is 120 Å². The zero-order chi connectivity index (χ0) is 15.1. The molecule has 1 aromatic rings. The first-order valence-electron chi connectivity index (χ1n) is 7.11. The molecule has 0 aliphatic rings. The van der Waals surface area contributed by atoms with E-state index >= 15 is 0 Å². The number of benzene rings is 1. The Kier molecular flexibility index (Phi) is 6.65. The first-order valence-corrected chi connectivity index (χ1v) is 7.11. The number of carbonyl (C=O) groups is 1. The lowest BCUT2D eigenvalue weighted by molar-refractivity contribution is 0.0585. The highest BCUT2D eigenvalue weighted by Gasteiger charge is 2.24. The molecule has 0 bridgehead atoms. The number of nitrogens with zero attached hydrogens (tertiary/aromatic N) is 1. The van der Waals surface area contributed by atoms with Gasteiger partial charge in [-0.1, -0.05) is 19.9 Å². The molecule has 112 valence electrons. The van der Waals surface area contributed by atoms with Crippen molar-refractivity contribution < 1.29 is 13.9 Å². The lowest BCUT2D eigenvalue weighted by Gasteiger charge is -2.30. The van der Waals surface area contributed by atoms with Gasteiger partial charge < -0.3 is 9.64 Å². The number of halogens is 1. The van der Waals surface area contributed by atoms with Crippen LogP contribution in [0.5, 0.6) is 0 Å². The van der Waals surface area contributed by atoms with Crippen LogP contribution in [0.15, 0.2) is 18.2 Å². The zero-order valence-electron chi connectivity index (χ0n) is 12.8. The van der Waals surface area contributed by atoms with Crippen molar-refractivity contribution in [1.29, 1.82) is 0 Å². The smallest absolute Gasteiger partial charge is 0.257 e. The molecule has 0 fully saturated rings. The van der Waals surface area contributed by atoms with Gasteiger partial charge in [-0.3, -0.25) is 4.79 Å². The monoisotopic (exact) mass is 281 g/mol. The van der Waals surface area contributed by atoms with E-state index in [1.165, 1.54) is 6.07 Å². The maximum absolute atomic E-state index is 14.0. The van der Waals surface area contributed by atoms with Crippen LogP contribution in [0.4, 0.5) is 4.39 Å². The lowest BCUT2D eigenvalue weighted by Crippen LogP contribution is -2.42. The third-order valence-electron chi connectivity index (χ3n) is 3.54. The number of carbonyl (C=O) groups excluding carboxylic acids is 1. The van der Waals surface area contributed by atoms with Gasteiger partial charge in [0.15, 0.2) is 0 Å². The van der Waals surface area contributed by atoms with Crippen molar-refractivity contribution in [1.82, 2.24) is 4.90 Å². The summed E-state index contributed by atoms with van der Waals surface area (Å²) in [5.41, 5.74) is 0.948. The second kappa shape index (κ2) is 8.00. The van der Waals surface area contributed by atoms with Crippen LogP contribution < -0.4 is 0 Å². The fraction of sp³-hybridized carbons (Fsp3) is 0.562. The van der Waals surface area contributed by atoms with Gasteiger partial charge in [0.25, 0.3) is 5.91 Å². The average Bonchev–Trinajstić information content (AvgIpc) is 2.43. The van der Waals surface area contributed by atoms with Gasteiger partial charge in [-0.2, -0.15) is 0 Å². The number of methoxy groups -OCH3 is 1. The van der Waals surface area contributed by atoms with E-state index in [2.05, 4.69) is 0 Å². The molecule has 1 aromatic carbocycles. The molecule has 0 aliphatic heterocycles. The second-order valence-electron chi connectivity index (χ2n) is 4.94. The van der Waals surface area contributed by atoms with E-state index in [1.54, 1.807) is 31.1 Å². The van der Waals surface area contributed by atoms with E-state index in [-0.39, 0.29) is 17.5 Å². The summed E-state index contributed by atoms with van der Waals surface area (Å²) in [7, 11) is 1.60. The zero-order valence-corrected chi connectivity index (χ0v) is 12.8. The molecule has 3 nitrogen and oxygen atoms in total. The van der Waals surface area contributed by atoms with Crippen LogP contribution >= 0.6 is 0 Å². The first-order chi connectivity index (χ1) is 9.54. The van der Waals surface area contributed by atoms with Crippen molar-refractivity contribution in [3.63, 3.8) is 0 Å². The minimum absolute atomic E-state index is 0.110. The molecule has 0 saturated heterocycles. The molecule has 0 atom stereocenters. The Morgan fingerprint density at radius 2 is 2.00 bits per heavy atom. The largest absolute Gasteiger partial charge is 0.383 e. The number of hydrogen-bond acceptors (Lipinski definition) is 2. The van der Waals surface area contributed by atoms with E-state index in [9.17, 15) is 9.18 Å². The minimum atomic E-state index is -0.455. The Bertz CT molecular complexity index is 444. The highest BCUT2D eigenvalue weighted by atomic mass is 19.1. The number of aryl methyl sites for hydroxylation is 1. The van der Waals surface area contributed by atoms with Crippen molar-refractivity contribution >= 4 is 5.91 Å². The lowest BCUT2D eigenvalue weighted by atomic mass is 10.1. The summed E-state index contributed by atoms with van der Waals surface area (Å²) in [4.78, 5) is 14.3. The third kappa shape index (κ3) is 4.04. The molecule has 0 aliphatic carbocycles. The highest BCUT2D eigenvalue weighted by Crippen LogP contribution is 2.17. The van der Waals surface area contributed by atoms with Crippen molar-refractivity contribution in [2.75, 3.05) is 20.3 Å². The van der Waals surface area contributed by atoms with E-state index in [0.29, 0.717) is 13.2 Å². The molecule has 4 heteroatoms. The van der Waals surface area contributed by atoms with E-state index < -0.39 is 5.82 Å². The van der Waals surface area contributed by atoms with Gasteiger partial charge >= 0.3 is 0 Å². The predicted molar refractivity (Wildman–Crippen MR) is 78.4 cm³/mol. The molecule has 0 unspecified atom stereocenters. The number of amides is 1. The van der Waals surface area contributed by atoms with Crippen molar-refractivity contribution in [3.05, 3.63) is 35.1 Å². The van der Waals surface area contributed by atoms with E-state index in [4.69, 9.17) is 4.74 Å². The molecule has 0 N–H and O–H groups in total. The van der Waals surface area contributed by atoms with Gasteiger partial charge in [-0.25, -0.2) is 4.39 Å². The molecular formula is C16H24FNO2.